The van der Waals surface area contributed by atoms with E-state index in [1.807, 2.05) is 41.9 Å². The number of hydrogen-bond acceptors (Lipinski definition) is 9. The minimum atomic E-state index is -0.323. The number of benzene rings is 1. The number of aromatic nitrogens is 2. The van der Waals surface area contributed by atoms with E-state index in [0.29, 0.717) is 17.5 Å². The lowest BCUT2D eigenvalue weighted by molar-refractivity contribution is -0.112. The first-order chi connectivity index (χ1) is 13.7. The van der Waals surface area contributed by atoms with Gasteiger partial charge in [0.15, 0.2) is 5.71 Å². The fourth-order valence-corrected chi connectivity index (χ4v) is 3.91. The summed E-state index contributed by atoms with van der Waals surface area (Å²) in [4.78, 5) is 21.5. The predicted molar refractivity (Wildman–Crippen MR) is 112 cm³/mol. The van der Waals surface area contributed by atoms with E-state index >= 15 is 0 Å². The van der Waals surface area contributed by atoms with Gasteiger partial charge in [-0.25, -0.2) is 9.97 Å². The Morgan fingerprint density at radius 2 is 2.07 bits per heavy atom. The van der Waals surface area contributed by atoms with Crippen LogP contribution in [0.4, 0.5) is 10.8 Å². The van der Waals surface area contributed by atoms with Crippen LogP contribution in [0.15, 0.2) is 51.4 Å². The van der Waals surface area contributed by atoms with Crippen molar-refractivity contribution >= 4 is 50.8 Å². The number of carbonyl (C=O) groups excluding carboxylic acids is 1. The highest BCUT2D eigenvalue weighted by Gasteiger charge is 2.32. The second kappa shape index (κ2) is 7.87. The van der Waals surface area contributed by atoms with E-state index < -0.39 is 0 Å². The summed E-state index contributed by atoms with van der Waals surface area (Å²) in [6.45, 7) is 4.28. The number of ether oxygens (including phenoxy) is 1. The lowest BCUT2D eigenvalue weighted by atomic mass is 10.2. The van der Waals surface area contributed by atoms with Gasteiger partial charge in [-0.3, -0.25) is 10.2 Å². The Balaban J connectivity index is 1.49. The van der Waals surface area contributed by atoms with Crippen molar-refractivity contribution in [1.29, 1.82) is 0 Å². The van der Waals surface area contributed by atoms with Crippen molar-refractivity contribution < 1.29 is 9.53 Å². The second-order valence-electron chi connectivity index (χ2n) is 5.68. The minimum absolute atomic E-state index is 0.250. The molecule has 1 aliphatic heterocycles. The molecule has 2 aromatic heterocycles. The molecule has 1 aromatic carbocycles. The molecule has 3 heterocycles. The van der Waals surface area contributed by atoms with E-state index in [4.69, 9.17) is 4.74 Å². The number of thiazole rings is 2. The third-order valence-electron chi connectivity index (χ3n) is 3.77. The Hall–Kier alpha value is -3.11. The number of amides is 1. The van der Waals surface area contributed by atoms with Gasteiger partial charge in [-0.1, -0.05) is 0 Å². The SMILES string of the molecule is CCOc1ccc(N/N=C2/C(=O)N(c3nc(-c4nccs4)cs3)N=C2C)cc1. The molecule has 0 radical (unpaired) electrons. The third-order valence-corrected chi connectivity index (χ3v) is 5.39. The van der Waals surface area contributed by atoms with Crippen molar-refractivity contribution in [3.63, 3.8) is 0 Å². The number of hydrazone groups is 2. The van der Waals surface area contributed by atoms with Crippen molar-refractivity contribution in [3.8, 4) is 16.5 Å². The molecule has 0 fully saturated rings. The van der Waals surface area contributed by atoms with Gasteiger partial charge in [0.05, 0.1) is 18.0 Å². The fourth-order valence-electron chi connectivity index (χ4n) is 2.48. The van der Waals surface area contributed by atoms with Gasteiger partial charge < -0.3 is 4.74 Å². The molecule has 4 rings (SSSR count). The minimum Gasteiger partial charge on any atom is -0.494 e. The molecule has 28 heavy (non-hydrogen) atoms. The molecule has 0 unspecified atom stereocenters. The molecule has 0 atom stereocenters. The topological polar surface area (TPSA) is 92.1 Å². The molecule has 0 spiro atoms. The van der Waals surface area contributed by atoms with E-state index in [2.05, 4.69) is 25.6 Å². The van der Waals surface area contributed by atoms with Crippen LogP contribution in [0.1, 0.15) is 13.8 Å². The quantitative estimate of drug-likeness (QED) is 0.621. The Morgan fingerprint density at radius 3 is 2.79 bits per heavy atom. The average molecular weight is 413 g/mol. The molecule has 10 heteroatoms. The lowest BCUT2D eigenvalue weighted by Crippen LogP contribution is -2.27. The fraction of sp³-hybridized carbons (Fsp3) is 0.167. The summed E-state index contributed by atoms with van der Waals surface area (Å²) in [7, 11) is 0. The highest BCUT2D eigenvalue weighted by molar-refractivity contribution is 7.16. The molecular weight excluding hydrogens is 396 g/mol. The molecule has 1 N–H and O–H groups in total. The molecular formula is C18H16N6O2S2. The molecule has 8 nitrogen and oxygen atoms in total. The van der Waals surface area contributed by atoms with Gasteiger partial charge in [0.25, 0.3) is 0 Å². The summed E-state index contributed by atoms with van der Waals surface area (Å²) in [6, 6.07) is 7.34. The van der Waals surface area contributed by atoms with E-state index in [1.54, 1.807) is 13.1 Å². The van der Waals surface area contributed by atoms with Crippen molar-refractivity contribution in [2.24, 2.45) is 10.2 Å². The van der Waals surface area contributed by atoms with Gasteiger partial charge in [-0.05, 0) is 38.1 Å². The summed E-state index contributed by atoms with van der Waals surface area (Å²) < 4.78 is 5.41. The van der Waals surface area contributed by atoms with Crippen LogP contribution in [0.5, 0.6) is 5.75 Å². The van der Waals surface area contributed by atoms with E-state index in [-0.39, 0.29) is 11.6 Å². The monoisotopic (exact) mass is 412 g/mol. The zero-order valence-corrected chi connectivity index (χ0v) is 16.8. The van der Waals surface area contributed by atoms with Crippen LogP contribution < -0.4 is 15.2 Å². The molecule has 3 aromatic rings. The molecule has 0 saturated heterocycles. The highest BCUT2D eigenvalue weighted by Crippen LogP contribution is 2.30. The highest BCUT2D eigenvalue weighted by atomic mass is 32.1. The zero-order valence-electron chi connectivity index (χ0n) is 15.1. The van der Waals surface area contributed by atoms with E-state index in [1.165, 1.54) is 27.7 Å². The average Bonchev–Trinajstić information content (AvgIpc) is 3.43. The number of carbonyl (C=O) groups is 1. The van der Waals surface area contributed by atoms with E-state index in [9.17, 15) is 4.79 Å². The maximum Gasteiger partial charge on any atom is 0.303 e. The first-order valence-electron chi connectivity index (χ1n) is 8.47. The normalized spacial score (nSPS) is 15.2. The van der Waals surface area contributed by atoms with Gasteiger partial charge in [0.1, 0.15) is 16.5 Å². The van der Waals surface area contributed by atoms with Crippen molar-refractivity contribution in [3.05, 3.63) is 41.2 Å². The molecule has 0 aliphatic carbocycles. The molecule has 1 amide bonds. The smallest absolute Gasteiger partial charge is 0.303 e. The van der Waals surface area contributed by atoms with Crippen LogP contribution in [0.2, 0.25) is 0 Å². The van der Waals surface area contributed by atoms with Gasteiger partial charge >= 0.3 is 5.91 Å². The summed E-state index contributed by atoms with van der Waals surface area (Å²) in [6.07, 6.45) is 1.72. The predicted octanol–water partition coefficient (Wildman–Crippen LogP) is 3.86. The van der Waals surface area contributed by atoms with E-state index in [0.717, 1.165) is 22.1 Å². The largest absolute Gasteiger partial charge is 0.494 e. The van der Waals surface area contributed by atoms with Crippen molar-refractivity contribution in [2.75, 3.05) is 17.0 Å². The second-order valence-corrected chi connectivity index (χ2v) is 7.42. The van der Waals surface area contributed by atoms with Crippen LogP contribution in [0.25, 0.3) is 10.7 Å². The Bertz CT molecular complexity index is 1040. The lowest BCUT2D eigenvalue weighted by Gasteiger charge is -2.07. The Kier molecular flexibility index (Phi) is 5.13. The summed E-state index contributed by atoms with van der Waals surface area (Å²) >= 11 is 2.83. The molecule has 142 valence electrons. The van der Waals surface area contributed by atoms with Crippen LogP contribution >= 0.6 is 22.7 Å². The van der Waals surface area contributed by atoms with Crippen LogP contribution in [-0.2, 0) is 4.79 Å². The van der Waals surface area contributed by atoms with Gasteiger partial charge in [0, 0.05) is 17.0 Å². The van der Waals surface area contributed by atoms with Crippen LogP contribution in [-0.4, -0.2) is 33.9 Å². The third kappa shape index (κ3) is 3.64. The number of nitrogens with zero attached hydrogens (tertiary/aromatic N) is 5. The molecule has 0 bridgehead atoms. The Labute approximate surface area is 169 Å². The van der Waals surface area contributed by atoms with Crippen LogP contribution in [0.3, 0.4) is 0 Å². The molecule has 1 aliphatic rings. The number of nitrogens with one attached hydrogen (secondary N) is 1. The number of hydrogen-bond donors (Lipinski definition) is 1. The number of rotatable bonds is 6. The summed E-state index contributed by atoms with van der Waals surface area (Å²) in [5, 5.41) is 14.9. The van der Waals surface area contributed by atoms with Gasteiger partial charge in [-0.15, -0.1) is 22.7 Å². The maximum atomic E-state index is 12.7. The summed E-state index contributed by atoms with van der Waals surface area (Å²) in [5.41, 5.74) is 5.14. The zero-order chi connectivity index (χ0) is 19.5. The van der Waals surface area contributed by atoms with Gasteiger partial charge in [0.2, 0.25) is 5.13 Å². The summed E-state index contributed by atoms with van der Waals surface area (Å²) in [5.74, 6) is 0.456. The Morgan fingerprint density at radius 1 is 1.25 bits per heavy atom. The molecule has 0 saturated carbocycles. The van der Waals surface area contributed by atoms with Crippen molar-refractivity contribution in [2.45, 2.75) is 13.8 Å². The van der Waals surface area contributed by atoms with Crippen LogP contribution in [0, 0.1) is 0 Å². The first kappa shape index (κ1) is 18.3. The maximum absolute atomic E-state index is 12.7. The van der Waals surface area contributed by atoms with Gasteiger partial charge in [-0.2, -0.15) is 15.2 Å². The standard InChI is InChI=1S/C18H16N6O2S2/c1-3-26-13-6-4-12(5-7-13)21-22-15-11(2)23-24(17(15)25)18-20-14(10-28-18)16-19-8-9-27-16/h4-10,21H,3H2,1-2H3/b22-15+. The first-order valence-corrected chi connectivity index (χ1v) is 10.2. The number of anilines is 2. The van der Waals surface area contributed by atoms with Crippen molar-refractivity contribution in [1.82, 2.24) is 9.97 Å².